The lowest BCUT2D eigenvalue weighted by Crippen LogP contribution is -2.32. The van der Waals surface area contributed by atoms with Gasteiger partial charge >= 0.3 is 17.6 Å². The van der Waals surface area contributed by atoms with Crippen LogP contribution < -0.4 is 16.0 Å². The Morgan fingerprint density at radius 2 is 1.82 bits per heavy atom. The number of nitrogens with one attached hydrogen (secondary N) is 1. The highest BCUT2D eigenvalue weighted by molar-refractivity contribution is 6.12. The van der Waals surface area contributed by atoms with Gasteiger partial charge in [0.05, 0.1) is 16.7 Å². The van der Waals surface area contributed by atoms with Crippen molar-refractivity contribution in [3.8, 4) is 22.6 Å². The predicted molar refractivity (Wildman–Crippen MR) is 136 cm³/mol. The summed E-state index contributed by atoms with van der Waals surface area (Å²) >= 11 is 0. The van der Waals surface area contributed by atoms with Crippen LogP contribution in [0.4, 0.5) is 5.69 Å². The van der Waals surface area contributed by atoms with Crippen LogP contribution in [0.25, 0.3) is 11.1 Å². The van der Waals surface area contributed by atoms with Gasteiger partial charge in [-0.1, -0.05) is 42.0 Å². The van der Waals surface area contributed by atoms with Crippen LogP contribution in [0.3, 0.4) is 0 Å². The third-order valence-corrected chi connectivity index (χ3v) is 5.59. The summed E-state index contributed by atoms with van der Waals surface area (Å²) in [6.07, 6.45) is 1.22. The van der Waals surface area contributed by atoms with Gasteiger partial charge in [0.2, 0.25) is 5.76 Å². The van der Waals surface area contributed by atoms with Gasteiger partial charge in [-0.3, -0.25) is 20.3 Å². The molecule has 12 nitrogen and oxygen atoms in total. The fraction of sp³-hybridized carbons (Fsp3) is 0.0741. The predicted octanol–water partition coefficient (Wildman–Crippen LogP) is 4.05. The molecule has 4 N–H and O–H groups in total. The first-order valence-electron chi connectivity index (χ1n) is 11.3. The number of hydrazine groups is 1. The monoisotopic (exact) mass is 531 g/mol. The summed E-state index contributed by atoms with van der Waals surface area (Å²) in [5, 5.41) is 21.2. The van der Waals surface area contributed by atoms with E-state index in [-0.39, 0.29) is 11.3 Å². The van der Waals surface area contributed by atoms with Gasteiger partial charge in [0.15, 0.2) is 5.75 Å². The Balaban J connectivity index is 1.57. The summed E-state index contributed by atoms with van der Waals surface area (Å²) in [7, 11) is 0. The van der Waals surface area contributed by atoms with Gasteiger partial charge in [0.25, 0.3) is 5.91 Å². The molecule has 0 spiro atoms. The fourth-order valence-electron chi connectivity index (χ4n) is 3.84. The molecule has 0 radical (unpaired) electrons. The average Bonchev–Trinajstić information content (AvgIpc) is 3.41. The molecule has 0 bridgehead atoms. The van der Waals surface area contributed by atoms with Crippen molar-refractivity contribution < 1.29 is 38.3 Å². The van der Waals surface area contributed by atoms with Crippen LogP contribution in [0, 0.1) is 17.0 Å². The highest BCUT2D eigenvalue weighted by Gasteiger charge is 2.33. The third kappa shape index (κ3) is 5.76. The number of carbonyl (C=O) groups excluding carboxylic acids is 3. The molecule has 0 atom stereocenters. The molecule has 0 fully saturated rings. The van der Waals surface area contributed by atoms with E-state index in [4.69, 9.17) is 19.7 Å². The molecule has 1 heterocycles. The van der Waals surface area contributed by atoms with Crippen LogP contribution in [0.2, 0.25) is 0 Å². The molecule has 0 saturated heterocycles. The number of nitro benzene ring substituents is 1. The zero-order chi connectivity index (χ0) is 28.1. The molecule has 3 aromatic carbocycles. The Labute approximate surface area is 220 Å². The number of carbonyl (C=O) groups is 3. The molecule has 39 heavy (non-hydrogen) atoms. The second-order valence-corrected chi connectivity index (χ2v) is 8.23. The van der Waals surface area contributed by atoms with E-state index in [0.29, 0.717) is 17.9 Å². The number of nitrogen functional groups attached to an aromatic ring is 1. The van der Waals surface area contributed by atoms with Crippen molar-refractivity contribution in [2.24, 2.45) is 5.84 Å². The van der Waals surface area contributed by atoms with Crippen LogP contribution >= 0.6 is 0 Å². The molecule has 1 aromatic heterocycles. The Bertz CT molecular complexity index is 1590. The molecular weight excluding hydrogens is 510 g/mol. The van der Waals surface area contributed by atoms with Crippen LogP contribution in [0.5, 0.6) is 11.5 Å². The smallest absolute Gasteiger partial charge is 0.382 e. The van der Waals surface area contributed by atoms with Gasteiger partial charge in [-0.2, -0.15) is 0 Å². The third-order valence-electron chi connectivity index (χ3n) is 5.59. The quantitative estimate of drug-likeness (QED) is 0.0748. The topological polar surface area (TPSA) is 184 Å². The number of benzene rings is 3. The lowest BCUT2D eigenvalue weighted by Gasteiger charge is -2.10. The Kier molecular flexibility index (Phi) is 7.68. The van der Waals surface area contributed by atoms with E-state index >= 15 is 0 Å². The summed E-state index contributed by atoms with van der Waals surface area (Å²) < 4.78 is 16.0. The number of nitro groups is 1. The van der Waals surface area contributed by atoms with Gasteiger partial charge in [-0.05, 0) is 48.4 Å². The molecule has 4 rings (SSSR count). The number of nitrogens with two attached hydrogens (primary N) is 1. The second kappa shape index (κ2) is 11.3. The number of phenols is 1. The number of esters is 2. The Morgan fingerprint density at radius 1 is 1.05 bits per heavy atom. The van der Waals surface area contributed by atoms with Gasteiger partial charge in [0, 0.05) is 5.56 Å². The molecular formula is C27H21N3O9. The number of furan rings is 1. The van der Waals surface area contributed by atoms with Crippen LogP contribution in [-0.2, 0) is 11.3 Å². The first kappa shape index (κ1) is 26.6. The lowest BCUT2D eigenvalue weighted by molar-refractivity contribution is -0.386. The fourth-order valence-corrected chi connectivity index (χ4v) is 3.84. The van der Waals surface area contributed by atoms with E-state index in [2.05, 4.69) is 0 Å². The maximum atomic E-state index is 12.9. The minimum Gasteiger partial charge on any atom is -0.502 e. The minimum absolute atomic E-state index is 0.283. The maximum Gasteiger partial charge on any atom is 0.382 e. The van der Waals surface area contributed by atoms with Crippen LogP contribution in [0.1, 0.15) is 42.4 Å². The number of hydrogen-bond donors (Lipinski definition) is 3. The standard InChI is InChI=1S/C27H21N3O9/c1-15-4-2-5-16(12-15)14-38-18-7-3-6-17(13-18)19-10-11-37-24(19)27(34)39-26(33)20-8-9-21(31)23(30(35)36)22(20)25(32)29-28/h2-13,31H,14,28H2,1H3,(H,29,32). The Morgan fingerprint density at radius 3 is 2.54 bits per heavy atom. The van der Waals surface area contributed by atoms with E-state index in [1.54, 1.807) is 29.7 Å². The van der Waals surface area contributed by atoms with Crippen molar-refractivity contribution in [2.75, 3.05) is 0 Å². The summed E-state index contributed by atoms with van der Waals surface area (Å²) in [5.41, 5.74) is 1.91. The van der Waals surface area contributed by atoms with E-state index in [9.17, 15) is 29.6 Å². The number of phenolic OH excluding ortho intramolecular Hbond substituents is 1. The average molecular weight is 531 g/mol. The molecule has 0 aliphatic heterocycles. The van der Waals surface area contributed by atoms with E-state index < -0.39 is 45.3 Å². The number of aryl methyl sites for hydroxylation is 1. The zero-order valence-electron chi connectivity index (χ0n) is 20.4. The number of ether oxygens (including phenoxy) is 2. The normalized spacial score (nSPS) is 10.5. The molecule has 0 aliphatic carbocycles. The van der Waals surface area contributed by atoms with E-state index in [1.165, 1.54) is 12.3 Å². The first-order chi connectivity index (χ1) is 18.7. The summed E-state index contributed by atoms with van der Waals surface area (Å²) in [6.45, 7) is 2.29. The zero-order valence-corrected chi connectivity index (χ0v) is 20.4. The molecule has 12 heteroatoms. The number of amides is 1. The minimum atomic E-state index is -1.40. The summed E-state index contributed by atoms with van der Waals surface area (Å²) in [5.74, 6) is 0.492. The van der Waals surface area contributed by atoms with Crippen molar-refractivity contribution >= 4 is 23.5 Å². The van der Waals surface area contributed by atoms with E-state index in [0.717, 1.165) is 23.3 Å². The molecule has 1 amide bonds. The number of aromatic hydroxyl groups is 1. The Hall–Kier alpha value is -5.49. The number of hydrogen-bond acceptors (Lipinski definition) is 10. The highest BCUT2D eigenvalue weighted by atomic mass is 16.6. The van der Waals surface area contributed by atoms with Gasteiger partial charge in [-0.25, -0.2) is 15.4 Å². The van der Waals surface area contributed by atoms with E-state index in [1.807, 2.05) is 31.2 Å². The van der Waals surface area contributed by atoms with Crippen molar-refractivity contribution in [1.29, 1.82) is 0 Å². The van der Waals surface area contributed by atoms with Crippen molar-refractivity contribution in [3.05, 3.63) is 111 Å². The molecule has 4 aromatic rings. The SMILES string of the molecule is Cc1cccc(COc2cccc(-c3ccoc3C(=O)OC(=O)c3ccc(O)c([N+](=O)[O-])c3C(=O)NN)c2)c1. The molecule has 198 valence electrons. The van der Waals surface area contributed by atoms with Crippen molar-refractivity contribution in [3.63, 3.8) is 0 Å². The number of nitrogens with zero attached hydrogens (tertiary/aromatic N) is 1. The van der Waals surface area contributed by atoms with Crippen molar-refractivity contribution in [1.82, 2.24) is 5.43 Å². The van der Waals surface area contributed by atoms with Gasteiger partial charge < -0.3 is 19.0 Å². The summed E-state index contributed by atoms with van der Waals surface area (Å²) in [6, 6.07) is 17.8. The van der Waals surface area contributed by atoms with Crippen LogP contribution in [0.15, 0.2) is 77.4 Å². The number of rotatable bonds is 8. The van der Waals surface area contributed by atoms with Gasteiger partial charge in [0.1, 0.15) is 17.9 Å². The van der Waals surface area contributed by atoms with Crippen LogP contribution in [-0.4, -0.2) is 27.9 Å². The van der Waals surface area contributed by atoms with Gasteiger partial charge in [-0.15, -0.1) is 0 Å². The second-order valence-electron chi connectivity index (χ2n) is 8.23. The van der Waals surface area contributed by atoms with Crippen molar-refractivity contribution in [2.45, 2.75) is 13.5 Å². The largest absolute Gasteiger partial charge is 0.502 e. The maximum absolute atomic E-state index is 12.9. The molecule has 0 saturated carbocycles. The summed E-state index contributed by atoms with van der Waals surface area (Å²) in [4.78, 5) is 48.2. The molecule has 0 unspecified atom stereocenters. The molecule has 0 aliphatic rings. The lowest BCUT2D eigenvalue weighted by atomic mass is 10.0. The first-order valence-corrected chi connectivity index (χ1v) is 11.3. The highest BCUT2D eigenvalue weighted by Crippen LogP contribution is 2.33.